The van der Waals surface area contributed by atoms with Gasteiger partial charge in [-0.2, -0.15) is 8.78 Å². The van der Waals surface area contributed by atoms with Crippen molar-refractivity contribution in [3.05, 3.63) is 41.5 Å². The third kappa shape index (κ3) is 5.63. The van der Waals surface area contributed by atoms with E-state index in [-0.39, 0.29) is 30.3 Å². The Morgan fingerprint density at radius 3 is 2.10 bits per heavy atom. The fourth-order valence-corrected chi connectivity index (χ4v) is 2.54. The number of halogens is 2. The monoisotopic (exact) mass is 412 g/mol. The Labute approximate surface area is 167 Å². The fraction of sp³-hybridized carbons (Fsp3) is 0.350. The first-order chi connectivity index (χ1) is 13.9. The quantitative estimate of drug-likeness (QED) is 0.545. The van der Waals surface area contributed by atoms with E-state index in [1.165, 1.54) is 51.7 Å². The Morgan fingerprint density at radius 2 is 1.59 bits per heavy atom. The SMILES string of the molecule is CCOc1cc(COC(=O)c2cc(OC)c(OC)c(OC)c2)ccc1OC(F)F. The van der Waals surface area contributed by atoms with E-state index in [2.05, 4.69) is 4.74 Å². The molecule has 0 unspecified atom stereocenters. The Morgan fingerprint density at radius 1 is 0.931 bits per heavy atom. The molecule has 0 aromatic heterocycles. The minimum atomic E-state index is -2.97. The average molecular weight is 412 g/mol. The fourth-order valence-electron chi connectivity index (χ4n) is 2.54. The molecule has 2 aromatic carbocycles. The largest absolute Gasteiger partial charge is 0.493 e. The first-order valence-electron chi connectivity index (χ1n) is 8.61. The Balaban J connectivity index is 2.17. The highest BCUT2D eigenvalue weighted by atomic mass is 19.3. The number of alkyl halides is 2. The van der Waals surface area contributed by atoms with Gasteiger partial charge in [0.1, 0.15) is 6.61 Å². The third-order valence-corrected chi connectivity index (χ3v) is 3.79. The molecular formula is C20H22F2O7. The van der Waals surface area contributed by atoms with Crippen molar-refractivity contribution < 1.29 is 42.0 Å². The van der Waals surface area contributed by atoms with Crippen LogP contribution in [0.1, 0.15) is 22.8 Å². The van der Waals surface area contributed by atoms with E-state index in [0.717, 1.165) is 0 Å². The number of esters is 1. The maximum absolute atomic E-state index is 12.5. The molecule has 2 aromatic rings. The summed E-state index contributed by atoms with van der Waals surface area (Å²) in [5, 5.41) is 0. The number of hydrogen-bond acceptors (Lipinski definition) is 7. The van der Waals surface area contributed by atoms with E-state index in [0.29, 0.717) is 22.8 Å². The van der Waals surface area contributed by atoms with E-state index < -0.39 is 12.6 Å². The van der Waals surface area contributed by atoms with Crippen LogP contribution in [-0.2, 0) is 11.3 Å². The molecule has 29 heavy (non-hydrogen) atoms. The Bertz CT molecular complexity index is 815. The minimum Gasteiger partial charge on any atom is -0.493 e. The van der Waals surface area contributed by atoms with E-state index >= 15 is 0 Å². The van der Waals surface area contributed by atoms with E-state index in [1.807, 2.05) is 0 Å². The summed E-state index contributed by atoms with van der Waals surface area (Å²) in [6.45, 7) is -1.11. The maximum atomic E-state index is 12.5. The first-order valence-corrected chi connectivity index (χ1v) is 8.61. The molecular weight excluding hydrogens is 390 g/mol. The second kappa shape index (κ2) is 10.4. The molecule has 0 atom stereocenters. The first kappa shape index (κ1) is 22.1. The summed E-state index contributed by atoms with van der Waals surface area (Å²) in [6.07, 6.45) is 0. The van der Waals surface area contributed by atoms with Crippen LogP contribution in [-0.4, -0.2) is 40.5 Å². The van der Waals surface area contributed by atoms with Crippen LogP contribution in [0, 0.1) is 0 Å². The molecule has 0 spiro atoms. The normalized spacial score (nSPS) is 10.4. The van der Waals surface area contributed by atoms with Gasteiger partial charge in [0.05, 0.1) is 33.5 Å². The number of carbonyl (C=O) groups excluding carboxylic acids is 1. The van der Waals surface area contributed by atoms with Crippen molar-refractivity contribution in [2.24, 2.45) is 0 Å². The zero-order valence-electron chi connectivity index (χ0n) is 16.5. The maximum Gasteiger partial charge on any atom is 0.387 e. The average Bonchev–Trinajstić information content (AvgIpc) is 2.72. The molecule has 0 radical (unpaired) electrons. The molecule has 0 heterocycles. The summed E-state index contributed by atoms with van der Waals surface area (Å²) < 4.78 is 55.6. The van der Waals surface area contributed by atoms with Crippen LogP contribution in [0.4, 0.5) is 8.78 Å². The second-order valence-electron chi connectivity index (χ2n) is 5.58. The van der Waals surface area contributed by atoms with Crippen LogP contribution in [0.5, 0.6) is 28.7 Å². The predicted octanol–water partition coefficient (Wildman–Crippen LogP) is 4.07. The summed E-state index contributed by atoms with van der Waals surface area (Å²) in [6, 6.07) is 7.25. The van der Waals surface area contributed by atoms with Gasteiger partial charge in [0.25, 0.3) is 0 Å². The lowest BCUT2D eigenvalue weighted by Crippen LogP contribution is -2.08. The van der Waals surface area contributed by atoms with Gasteiger partial charge in [-0.1, -0.05) is 6.07 Å². The summed E-state index contributed by atoms with van der Waals surface area (Å²) >= 11 is 0. The number of ether oxygens (including phenoxy) is 6. The van der Waals surface area contributed by atoms with Crippen molar-refractivity contribution in [2.45, 2.75) is 20.1 Å². The van der Waals surface area contributed by atoms with Gasteiger partial charge in [0.15, 0.2) is 23.0 Å². The van der Waals surface area contributed by atoms with Gasteiger partial charge < -0.3 is 28.4 Å². The summed E-state index contributed by atoms with van der Waals surface area (Å²) in [5.41, 5.74) is 0.734. The molecule has 0 amide bonds. The Kier molecular flexibility index (Phi) is 7.88. The zero-order chi connectivity index (χ0) is 21.4. The second-order valence-corrected chi connectivity index (χ2v) is 5.58. The van der Waals surface area contributed by atoms with Gasteiger partial charge >= 0.3 is 12.6 Å². The van der Waals surface area contributed by atoms with Gasteiger partial charge in [-0.05, 0) is 36.8 Å². The molecule has 0 fully saturated rings. The molecule has 7 nitrogen and oxygen atoms in total. The highest BCUT2D eigenvalue weighted by Gasteiger charge is 2.18. The smallest absolute Gasteiger partial charge is 0.387 e. The minimum absolute atomic E-state index is 0.0958. The van der Waals surface area contributed by atoms with Crippen LogP contribution in [0.2, 0.25) is 0 Å². The van der Waals surface area contributed by atoms with Crippen LogP contribution in [0.3, 0.4) is 0 Å². The third-order valence-electron chi connectivity index (χ3n) is 3.79. The molecule has 0 saturated carbocycles. The van der Waals surface area contributed by atoms with E-state index in [4.69, 9.17) is 23.7 Å². The van der Waals surface area contributed by atoms with Crippen LogP contribution in [0.25, 0.3) is 0 Å². The van der Waals surface area contributed by atoms with Crippen molar-refractivity contribution in [3.63, 3.8) is 0 Å². The lowest BCUT2D eigenvalue weighted by molar-refractivity contribution is -0.0514. The highest BCUT2D eigenvalue weighted by molar-refractivity contribution is 5.91. The molecule has 0 aliphatic heterocycles. The Hall–Kier alpha value is -3.23. The zero-order valence-corrected chi connectivity index (χ0v) is 16.5. The van der Waals surface area contributed by atoms with Crippen molar-refractivity contribution in [3.8, 4) is 28.7 Å². The van der Waals surface area contributed by atoms with Gasteiger partial charge in [0, 0.05) is 0 Å². The summed E-state index contributed by atoms with van der Waals surface area (Å²) in [7, 11) is 4.32. The molecule has 0 saturated heterocycles. The van der Waals surface area contributed by atoms with E-state index in [1.54, 1.807) is 6.92 Å². The van der Waals surface area contributed by atoms with Gasteiger partial charge in [-0.15, -0.1) is 0 Å². The van der Waals surface area contributed by atoms with Gasteiger partial charge in [-0.3, -0.25) is 0 Å². The van der Waals surface area contributed by atoms with Gasteiger partial charge in [0.2, 0.25) is 5.75 Å². The van der Waals surface area contributed by atoms with Crippen LogP contribution < -0.4 is 23.7 Å². The van der Waals surface area contributed by atoms with Crippen molar-refractivity contribution in [1.82, 2.24) is 0 Å². The van der Waals surface area contributed by atoms with Crippen LogP contribution >= 0.6 is 0 Å². The molecule has 0 bridgehead atoms. The van der Waals surface area contributed by atoms with Crippen molar-refractivity contribution in [2.75, 3.05) is 27.9 Å². The van der Waals surface area contributed by atoms with Crippen molar-refractivity contribution in [1.29, 1.82) is 0 Å². The lowest BCUT2D eigenvalue weighted by Gasteiger charge is -2.14. The van der Waals surface area contributed by atoms with Crippen LogP contribution in [0.15, 0.2) is 30.3 Å². The number of hydrogen-bond donors (Lipinski definition) is 0. The summed E-state index contributed by atoms with van der Waals surface area (Å²) in [4.78, 5) is 12.4. The molecule has 0 aliphatic rings. The highest BCUT2D eigenvalue weighted by Crippen LogP contribution is 2.38. The van der Waals surface area contributed by atoms with Crippen molar-refractivity contribution >= 4 is 5.97 Å². The molecule has 158 valence electrons. The summed E-state index contributed by atoms with van der Waals surface area (Å²) in [5.74, 6) is 0.380. The van der Waals surface area contributed by atoms with E-state index in [9.17, 15) is 13.6 Å². The number of rotatable bonds is 10. The number of carbonyl (C=O) groups is 1. The lowest BCUT2D eigenvalue weighted by atomic mass is 10.1. The van der Waals surface area contributed by atoms with Gasteiger partial charge in [-0.25, -0.2) is 4.79 Å². The number of methoxy groups -OCH3 is 3. The number of benzene rings is 2. The molecule has 0 N–H and O–H groups in total. The molecule has 9 heteroatoms. The molecule has 0 aliphatic carbocycles. The molecule has 2 rings (SSSR count). The predicted molar refractivity (Wildman–Crippen MR) is 99.5 cm³/mol. The topological polar surface area (TPSA) is 72.5 Å². The standard InChI is InChI=1S/C20H22F2O7/c1-5-27-15-8-12(6-7-14(15)29-20(21)22)11-28-19(23)13-9-16(24-2)18(26-4)17(10-13)25-3/h6-10,20H,5,11H2,1-4H3.